The van der Waals surface area contributed by atoms with E-state index in [1.54, 1.807) is 48.4 Å². The molecule has 2 heterocycles. The minimum Gasteiger partial charge on any atom is -0.354 e. The number of carbonyl (C=O) groups excluding carboxylic acids is 1. The standard InChI is InChI=1S/C16H13FN4O/c1-18-16(22)14-9-15(11-3-2-8-19-10-11)21(20-14)13-6-4-12(17)5-7-13/h2-10H,1H3,(H,18,22). The third-order valence-electron chi connectivity index (χ3n) is 3.20. The minimum absolute atomic E-state index is 0.283. The number of nitrogens with one attached hydrogen (secondary N) is 1. The second-order valence-electron chi connectivity index (χ2n) is 4.62. The Morgan fingerprint density at radius 1 is 1.23 bits per heavy atom. The van der Waals surface area contributed by atoms with E-state index >= 15 is 0 Å². The molecular weight excluding hydrogens is 283 g/mol. The lowest BCUT2D eigenvalue weighted by atomic mass is 10.2. The Morgan fingerprint density at radius 2 is 2.00 bits per heavy atom. The molecule has 0 saturated heterocycles. The fraction of sp³-hybridized carbons (Fsp3) is 0.0625. The van der Waals surface area contributed by atoms with E-state index < -0.39 is 0 Å². The van der Waals surface area contributed by atoms with Crippen molar-refractivity contribution in [3.8, 4) is 16.9 Å². The Morgan fingerprint density at radius 3 is 2.64 bits per heavy atom. The zero-order valence-corrected chi connectivity index (χ0v) is 11.8. The molecule has 3 aromatic rings. The fourth-order valence-corrected chi connectivity index (χ4v) is 2.12. The maximum atomic E-state index is 13.1. The fourth-order valence-electron chi connectivity index (χ4n) is 2.12. The zero-order valence-electron chi connectivity index (χ0n) is 11.8. The second kappa shape index (κ2) is 5.77. The van der Waals surface area contributed by atoms with E-state index in [0.29, 0.717) is 11.4 Å². The van der Waals surface area contributed by atoms with Crippen molar-refractivity contribution in [2.75, 3.05) is 7.05 Å². The van der Waals surface area contributed by atoms with Gasteiger partial charge in [0.1, 0.15) is 5.82 Å². The summed E-state index contributed by atoms with van der Waals surface area (Å²) in [4.78, 5) is 15.9. The van der Waals surface area contributed by atoms with Crippen LogP contribution in [0.1, 0.15) is 10.5 Å². The number of halogens is 1. The Balaban J connectivity index is 2.17. The highest BCUT2D eigenvalue weighted by Crippen LogP contribution is 2.23. The summed E-state index contributed by atoms with van der Waals surface area (Å²) in [5.41, 5.74) is 2.47. The van der Waals surface area contributed by atoms with Gasteiger partial charge in [-0.2, -0.15) is 5.10 Å². The van der Waals surface area contributed by atoms with Gasteiger partial charge in [-0.05, 0) is 42.5 Å². The van der Waals surface area contributed by atoms with Gasteiger partial charge in [-0.25, -0.2) is 9.07 Å². The van der Waals surface area contributed by atoms with Crippen molar-refractivity contribution in [1.82, 2.24) is 20.1 Å². The van der Waals surface area contributed by atoms with E-state index in [0.717, 1.165) is 5.56 Å². The maximum Gasteiger partial charge on any atom is 0.271 e. The van der Waals surface area contributed by atoms with Crippen LogP contribution in [0, 0.1) is 5.82 Å². The molecule has 0 aliphatic heterocycles. The molecule has 6 heteroatoms. The molecule has 1 amide bonds. The van der Waals surface area contributed by atoms with Crippen molar-refractivity contribution in [2.45, 2.75) is 0 Å². The first-order valence-electron chi connectivity index (χ1n) is 6.67. The smallest absolute Gasteiger partial charge is 0.271 e. The molecule has 22 heavy (non-hydrogen) atoms. The molecule has 1 N–H and O–H groups in total. The predicted molar refractivity (Wildman–Crippen MR) is 80.1 cm³/mol. The van der Waals surface area contributed by atoms with Crippen LogP contribution in [-0.4, -0.2) is 27.7 Å². The lowest BCUT2D eigenvalue weighted by Gasteiger charge is -2.07. The monoisotopic (exact) mass is 296 g/mol. The zero-order chi connectivity index (χ0) is 15.5. The highest BCUT2D eigenvalue weighted by molar-refractivity contribution is 5.93. The molecule has 0 fully saturated rings. The van der Waals surface area contributed by atoms with Crippen LogP contribution in [0.2, 0.25) is 0 Å². The van der Waals surface area contributed by atoms with Crippen molar-refractivity contribution in [2.24, 2.45) is 0 Å². The van der Waals surface area contributed by atoms with E-state index in [9.17, 15) is 9.18 Å². The maximum absolute atomic E-state index is 13.1. The molecule has 0 bridgehead atoms. The highest BCUT2D eigenvalue weighted by atomic mass is 19.1. The third-order valence-corrected chi connectivity index (χ3v) is 3.20. The summed E-state index contributed by atoms with van der Waals surface area (Å²) < 4.78 is 14.7. The molecule has 0 saturated carbocycles. The van der Waals surface area contributed by atoms with Crippen LogP contribution in [0.3, 0.4) is 0 Å². The first kappa shape index (κ1) is 13.9. The van der Waals surface area contributed by atoms with Gasteiger partial charge in [-0.1, -0.05) is 0 Å². The van der Waals surface area contributed by atoms with E-state index in [2.05, 4.69) is 15.4 Å². The first-order chi connectivity index (χ1) is 10.7. The van der Waals surface area contributed by atoms with Crippen molar-refractivity contribution in [3.05, 3.63) is 66.4 Å². The topological polar surface area (TPSA) is 59.8 Å². The number of pyridine rings is 1. The van der Waals surface area contributed by atoms with Gasteiger partial charge in [0.25, 0.3) is 5.91 Å². The van der Waals surface area contributed by atoms with Crippen LogP contribution >= 0.6 is 0 Å². The van der Waals surface area contributed by atoms with Crippen molar-refractivity contribution in [3.63, 3.8) is 0 Å². The van der Waals surface area contributed by atoms with Gasteiger partial charge in [0, 0.05) is 25.0 Å². The molecule has 1 aromatic carbocycles. The number of carbonyl (C=O) groups is 1. The summed E-state index contributed by atoms with van der Waals surface area (Å²) in [5.74, 6) is -0.614. The molecule has 5 nitrogen and oxygen atoms in total. The number of aromatic nitrogens is 3. The molecule has 2 aromatic heterocycles. The molecule has 0 unspecified atom stereocenters. The average molecular weight is 296 g/mol. The Labute approximate surface area is 126 Å². The number of amides is 1. The van der Waals surface area contributed by atoms with Crippen molar-refractivity contribution in [1.29, 1.82) is 0 Å². The predicted octanol–water partition coefficient (Wildman–Crippen LogP) is 2.43. The van der Waals surface area contributed by atoms with Gasteiger partial charge in [0.2, 0.25) is 0 Å². The Bertz CT molecular complexity index is 797. The lowest BCUT2D eigenvalue weighted by molar-refractivity contribution is 0.0957. The van der Waals surface area contributed by atoms with Gasteiger partial charge in [-0.3, -0.25) is 9.78 Å². The Hall–Kier alpha value is -3.02. The first-order valence-corrected chi connectivity index (χ1v) is 6.67. The van der Waals surface area contributed by atoms with E-state index in [-0.39, 0.29) is 17.4 Å². The Kier molecular flexibility index (Phi) is 3.65. The molecular formula is C16H13FN4O. The summed E-state index contributed by atoms with van der Waals surface area (Å²) in [7, 11) is 1.54. The number of hydrogen-bond acceptors (Lipinski definition) is 3. The van der Waals surface area contributed by atoms with E-state index in [4.69, 9.17) is 0 Å². The summed E-state index contributed by atoms with van der Waals surface area (Å²) in [5, 5.41) is 6.86. The van der Waals surface area contributed by atoms with Gasteiger partial charge in [-0.15, -0.1) is 0 Å². The van der Waals surface area contributed by atoms with Gasteiger partial charge < -0.3 is 5.32 Å². The molecule has 0 atom stereocenters. The minimum atomic E-state index is -0.328. The van der Waals surface area contributed by atoms with Crippen LogP contribution in [0.25, 0.3) is 16.9 Å². The van der Waals surface area contributed by atoms with Crippen LogP contribution in [0.4, 0.5) is 4.39 Å². The second-order valence-corrected chi connectivity index (χ2v) is 4.62. The highest BCUT2D eigenvalue weighted by Gasteiger charge is 2.15. The number of hydrogen-bond donors (Lipinski definition) is 1. The SMILES string of the molecule is CNC(=O)c1cc(-c2cccnc2)n(-c2ccc(F)cc2)n1. The van der Waals surface area contributed by atoms with Crippen molar-refractivity contribution >= 4 is 5.91 Å². The summed E-state index contributed by atoms with van der Waals surface area (Å²) >= 11 is 0. The summed E-state index contributed by atoms with van der Waals surface area (Å²) in [6, 6.07) is 11.3. The summed E-state index contributed by atoms with van der Waals surface area (Å²) in [6.07, 6.45) is 3.35. The van der Waals surface area contributed by atoms with Crippen LogP contribution in [-0.2, 0) is 0 Å². The molecule has 0 spiro atoms. The van der Waals surface area contributed by atoms with Crippen LogP contribution in [0.15, 0.2) is 54.9 Å². The molecule has 0 radical (unpaired) electrons. The van der Waals surface area contributed by atoms with Crippen molar-refractivity contribution < 1.29 is 9.18 Å². The number of nitrogens with zero attached hydrogens (tertiary/aromatic N) is 3. The quantitative estimate of drug-likeness (QED) is 0.807. The molecule has 0 aliphatic carbocycles. The number of benzene rings is 1. The average Bonchev–Trinajstić information content (AvgIpc) is 3.01. The van der Waals surface area contributed by atoms with E-state index in [1.807, 2.05) is 6.07 Å². The largest absolute Gasteiger partial charge is 0.354 e. The van der Waals surface area contributed by atoms with Gasteiger partial charge in [0.15, 0.2) is 5.69 Å². The van der Waals surface area contributed by atoms with E-state index in [1.165, 1.54) is 12.1 Å². The molecule has 0 aliphatic rings. The van der Waals surface area contributed by atoms with Gasteiger partial charge in [0.05, 0.1) is 11.4 Å². The van der Waals surface area contributed by atoms with Crippen LogP contribution in [0.5, 0.6) is 0 Å². The summed E-state index contributed by atoms with van der Waals surface area (Å²) in [6.45, 7) is 0. The molecule has 3 rings (SSSR count). The molecule has 110 valence electrons. The third kappa shape index (κ3) is 2.58. The number of rotatable bonds is 3. The van der Waals surface area contributed by atoms with Crippen LogP contribution < -0.4 is 5.32 Å². The normalized spacial score (nSPS) is 10.5. The van der Waals surface area contributed by atoms with Gasteiger partial charge >= 0.3 is 0 Å². The lowest BCUT2D eigenvalue weighted by Crippen LogP contribution is -2.18.